The summed E-state index contributed by atoms with van der Waals surface area (Å²) < 4.78 is 0. The van der Waals surface area contributed by atoms with Gasteiger partial charge in [0.2, 0.25) is 0 Å². The Morgan fingerprint density at radius 2 is 2.22 bits per heavy atom. The maximum atomic E-state index is 13.0. The van der Waals surface area contributed by atoms with E-state index in [1.165, 1.54) is 12.8 Å². The van der Waals surface area contributed by atoms with Crippen LogP contribution in [-0.2, 0) is 0 Å². The average Bonchev–Trinajstić information content (AvgIpc) is 2.55. The molecule has 122 valence electrons. The fourth-order valence-corrected chi connectivity index (χ4v) is 3.45. The van der Waals surface area contributed by atoms with Crippen LogP contribution in [0.25, 0.3) is 10.9 Å². The van der Waals surface area contributed by atoms with E-state index in [9.17, 15) is 4.79 Å². The topological polar surface area (TPSA) is 45.2 Å². The second-order valence-electron chi connectivity index (χ2n) is 6.68. The minimum Gasteiger partial charge on any atom is -0.341 e. The average molecular weight is 311 g/mol. The van der Waals surface area contributed by atoms with Crippen molar-refractivity contribution in [2.75, 3.05) is 26.7 Å². The SMILES string of the molecule is Cc1cc(C(=O)N(C)CC2CCCNC2)c2cccc(C)c2n1. The zero-order chi connectivity index (χ0) is 16.4. The molecule has 1 aromatic heterocycles. The van der Waals surface area contributed by atoms with Gasteiger partial charge >= 0.3 is 0 Å². The Balaban J connectivity index is 1.89. The molecule has 1 atom stereocenters. The molecule has 1 aliphatic rings. The number of carbonyl (C=O) groups excluding carboxylic acids is 1. The number of hydrogen-bond acceptors (Lipinski definition) is 3. The van der Waals surface area contributed by atoms with Crippen molar-refractivity contribution in [2.45, 2.75) is 26.7 Å². The maximum Gasteiger partial charge on any atom is 0.254 e. The number of rotatable bonds is 3. The molecular formula is C19H25N3O. The normalized spacial score (nSPS) is 18.1. The molecule has 4 nitrogen and oxygen atoms in total. The number of nitrogens with one attached hydrogen (secondary N) is 1. The van der Waals surface area contributed by atoms with Gasteiger partial charge in [-0.05, 0) is 57.3 Å². The van der Waals surface area contributed by atoms with Gasteiger partial charge in [-0.15, -0.1) is 0 Å². The van der Waals surface area contributed by atoms with Gasteiger partial charge in [0.15, 0.2) is 0 Å². The van der Waals surface area contributed by atoms with Gasteiger partial charge in [0.05, 0.1) is 11.1 Å². The van der Waals surface area contributed by atoms with Gasteiger partial charge < -0.3 is 10.2 Å². The van der Waals surface area contributed by atoms with E-state index in [0.29, 0.717) is 5.92 Å². The first kappa shape index (κ1) is 15.9. The maximum absolute atomic E-state index is 13.0. The predicted molar refractivity (Wildman–Crippen MR) is 93.8 cm³/mol. The highest BCUT2D eigenvalue weighted by atomic mass is 16.2. The van der Waals surface area contributed by atoms with Gasteiger partial charge in [-0.2, -0.15) is 0 Å². The third-order valence-electron chi connectivity index (χ3n) is 4.68. The van der Waals surface area contributed by atoms with Crippen LogP contribution in [0.5, 0.6) is 0 Å². The van der Waals surface area contributed by atoms with Crippen LogP contribution in [0.15, 0.2) is 24.3 Å². The smallest absolute Gasteiger partial charge is 0.254 e. The fourth-order valence-electron chi connectivity index (χ4n) is 3.45. The molecule has 1 N–H and O–H groups in total. The summed E-state index contributed by atoms with van der Waals surface area (Å²) in [6, 6.07) is 7.95. The molecule has 1 aliphatic heterocycles. The summed E-state index contributed by atoms with van der Waals surface area (Å²) in [5.74, 6) is 0.644. The van der Waals surface area contributed by atoms with Crippen molar-refractivity contribution < 1.29 is 4.79 Å². The van der Waals surface area contributed by atoms with Gasteiger partial charge in [-0.25, -0.2) is 0 Å². The summed E-state index contributed by atoms with van der Waals surface area (Å²) in [4.78, 5) is 19.5. The number of nitrogens with zero attached hydrogens (tertiary/aromatic N) is 2. The van der Waals surface area contributed by atoms with Crippen molar-refractivity contribution in [2.24, 2.45) is 5.92 Å². The number of aryl methyl sites for hydroxylation is 2. The Kier molecular flexibility index (Phi) is 4.62. The van der Waals surface area contributed by atoms with Crippen molar-refractivity contribution >= 4 is 16.8 Å². The van der Waals surface area contributed by atoms with Gasteiger partial charge in [-0.1, -0.05) is 18.2 Å². The molecule has 1 unspecified atom stereocenters. The highest BCUT2D eigenvalue weighted by molar-refractivity contribution is 6.06. The quantitative estimate of drug-likeness (QED) is 0.948. The number of benzene rings is 1. The van der Waals surface area contributed by atoms with Crippen LogP contribution in [0.2, 0.25) is 0 Å². The lowest BCUT2D eigenvalue weighted by Crippen LogP contribution is -2.39. The van der Waals surface area contributed by atoms with E-state index in [-0.39, 0.29) is 5.91 Å². The Bertz CT molecular complexity index is 720. The van der Waals surface area contributed by atoms with Gasteiger partial charge in [0.1, 0.15) is 0 Å². The molecular weight excluding hydrogens is 286 g/mol. The third-order valence-corrected chi connectivity index (χ3v) is 4.68. The van der Waals surface area contributed by atoms with E-state index in [1.54, 1.807) is 0 Å². The van der Waals surface area contributed by atoms with Crippen LogP contribution >= 0.6 is 0 Å². The zero-order valence-corrected chi connectivity index (χ0v) is 14.2. The molecule has 1 fully saturated rings. The van der Waals surface area contributed by atoms with E-state index >= 15 is 0 Å². The molecule has 0 saturated carbocycles. The number of piperidine rings is 1. The standard InChI is InChI=1S/C19H25N3O/c1-13-6-4-8-16-17(10-14(2)21-18(13)16)19(23)22(3)12-15-7-5-9-20-11-15/h4,6,8,10,15,20H,5,7,9,11-12H2,1-3H3. The van der Waals surface area contributed by atoms with Crippen LogP contribution in [0.3, 0.4) is 0 Å². The molecule has 23 heavy (non-hydrogen) atoms. The Morgan fingerprint density at radius 3 is 2.96 bits per heavy atom. The fraction of sp³-hybridized carbons (Fsp3) is 0.474. The summed E-state index contributed by atoms with van der Waals surface area (Å²) >= 11 is 0. The molecule has 1 saturated heterocycles. The van der Waals surface area contributed by atoms with Gasteiger partial charge in [0.25, 0.3) is 5.91 Å². The molecule has 2 aromatic rings. The molecule has 2 heterocycles. The van der Waals surface area contributed by atoms with Crippen molar-refractivity contribution in [1.29, 1.82) is 0 Å². The van der Waals surface area contributed by atoms with Crippen molar-refractivity contribution in [3.8, 4) is 0 Å². The summed E-state index contributed by atoms with van der Waals surface area (Å²) in [5, 5.41) is 4.37. The summed E-state index contributed by atoms with van der Waals surface area (Å²) in [5.41, 5.74) is 3.70. The van der Waals surface area contributed by atoms with Crippen LogP contribution < -0.4 is 5.32 Å². The van der Waals surface area contributed by atoms with E-state index in [0.717, 1.165) is 47.4 Å². The van der Waals surface area contributed by atoms with Gasteiger partial charge in [0, 0.05) is 24.7 Å². The lowest BCUT2D eigenvalue weighted by molar-refractivity contribution is 0.0766. The molecule has 0 spiro atoms. The highest BCUT2D eigenvalue weighted by Crippen LogP contribution is 2.23. The minimum absolute atomic E-state index is 0.0941. The second kappa shape index (κ2) is 6.67. The lowest BCUT2D eigenvalue weighted by atomic mass is 9.98. The van der Waals surface area contributed by atoms with Crippen molar-refractivity contribution in [3.63, 3.8) is 0 Å². The molecule has 1 amide bonds. The molecule has 3 rings (SSSR count). The number of carbonyl (C=O) groups is 1. The molecule has 0 radical (unpaired) electrons. The molecule has 0 aliphatic carbocycles. The first-order valence-corrected chi connectivity index (χ1v) is 8.39. The Labute approximate surface area is 137 Å². The summed E-state index contributed by atoms with van der Waals surface area (Å²) in [6.45, 7) is 6.91. The van der Waals surface area contributed by atoms with Crippen LogP contribution in [0.4, 0.5) is 0 Å². The summed E-state index contributed by atoms with van der Waals surface area (Å²) in [6.07, 6.45) is 2.39. The Hall–Kier alpha value is -1.94. The van der Waals surface area contributed by atoms with E-state index < -0.39 is 0 Å². The number of pyridine rings is 1. The van der Waals surface area contributed by atoms with E-state index in [2.05, 4.69) is 10.3 Å². The molecule has 0 bridgehead atoms. The monoisotopic (exact) mass is 311 g/mol. The van der Waals surface area contributed by atoms with E-state index in [4.69, 9.17) is 0 Å². The number of hydrogen-bond donors (Lipinski definition) is 1. The zero-order valence-electron chi connectivity index (χ0n) is 14.2. The lowest BCUT2D eigenvalue weighted by Gasteiger charge is -2.28. The number of para-hydroxylation sites is 1. The largest absolute Gasteiger partial charge is 0.341 e. The number of fused-ring (bicyclic) bond motifs is 1. The predicted octanol–water partition coefficient (Wildman–Crippen LogP) is 2.92. The van der Waals surface area contributed by atoms with Crippen molar-refractivity contribution in [3.05, 3.63) is 41.1 Å². The number of amides is 1. The van der Waals surface area contributed by atoms with Crippen molar-refractivity contribution in [1.82, 2.24) is 15.2 Å². The molecule has 1 aromatic carbocycles. The van der Waals surface area contributed by atoms with Crippen LogP contribution in [0.1, 0.15) is 34.5 Å². The first-order valence-electron chi connectivity index (χ1n) is 8.39. The van der Waals surface area contributed by atoms with Crippen LogP contribution in [0, 0.1) is 19.8 Å². The minimum atomic E-state index is 0.0941. The van der Waals surface area contributed by atoms with Gasteiger partial charge in [-0.3, -0.25) is 9.78 Å². The highest BCUT2D eigenvalue weighted by Gasteiger charge is 2.21. The van der Waals surface area contributed by atoms with Crippen LogP contribution in [-0.4, -0.2) is 42.5 Å². The Morgan fingerprint density at radius 1 is 1.39 bits per heavy atom. The number of aromatic nitrogens is 1. The molecule has 4 heteroatoms. The van der Waals surface area contributed by atoms with E-state index in [1.807, 2.05) is 50.1 Å². The third kappa shape index (κ3) is 3.37. The second-order valence-corrected chi connectivity index (χ2v) is 6.68. The summed E-state index contributed by atoms with van der Waals surface area (Å²) in [7, 11) is 1.91. The first-order chi connectivity index (χ1) is 11.1.